The first-order valence-electron chi connectivity index (χ1n) is 6.70. The van der Waals surface area contributed by atoms with Crippen LogP contribution in [0.5, 0.6) is 11.5 Å². The van der Waals surface area contributed by atoms with Crippen LogP contribution in [0.15, 0.2) is 36.7 Å². The second-order valence-corrected chi connectivity index (χ2v) is 4.90. The number of aromatic nitrogens is 1. The second-order valence-electron chi connectivity index (χ2n) is 4.90. The first kappa shape index (κ1) is 14.5. The van der Waals surface area contributed by atoms with Gasteiger partial charge in [0.1, 0.15) is 0 Å². The van der Waals surface area contributed by atoms with Gasteiger partial charge in [0.15, 0.2) is 11.5 Å². The van der Waals surface area contributed by atoms with Crippen molar-refractivity contribution in [3.05, 3.63) is 47.8 Å². The predicted octanol–water partition coefficient (Wildman–Crippen LogP) is 2.89. The fourth-order valence-electron chi connectivity index (χ4n) is 2.18. The number of aryl methyl sites for hydroxylation is 1. The molecule has 1 unspecified atom stereocenters. The van der Waals surface area contributed by atoms with Crippen LogP contribution in [0.3, 0.4) is 0 Å². The van der Waals surface area contributed by atoms with Crippen LogP contribution < -0.4 is 14.8 Å². The summed E-state index contributed by atoms with van der Waals surface area (Å²) in [5.41, 5.74) is 2.46. The van der Waals surface area contributed by atoms with E-state index in [9.17, 15) is 0 Å². The summed E-state index contributed by atoms with van der Waals surface area (Å²) in [6.45, 7) is 2.99. The Labute approximate surface area is 120 Å². The van der Waals surface area contributed by atoms with Gasteiger partial charge in [-0.2, -0.15) is 0 Å². The minimum absolute atomic E-state index is 0.245. The Morgan fingerprint density at radius 3 is 2.50 bits per heavy atom. The maximum Gasteiger partial charge on any atom is 0.161 e. The molecule has 0 saturated heterocycles. The van der Waals surface area contributed by atoms with Crippen LogP contribution in [0.4, 0.5) is 0 Å². The fourth-order valence-corrected chi connectivity index (χ4v) is 2.18. The molecule has 0 radical (unpaired) electrons. The average Bonchev–Trinajstić information content (AvgIpc) is 2.89. The third-order valence-corrected chi connectivity index (χ3v) is 3.41. The lowest BCUT2D eigenvalue weighted by Gasteiger charge is -2.16. The summed E-state index contributed by atoms with van der Waals surface area (Å²) in [6.07, 6.45) is 4.17. The number of benzene rings is 1. The molecule has 0 amide bonds. The Morgan fingerprint density at radius 1 is 1.15 bits per heavy atom. The quantitative estimate of drug-likeness (QED) is 0.879. The molecule has 108 valence electrons. The summed E-state index contributed by atoms with van der Waals surface area (Å²) in [5, 5.41) is 3.51. The number of nitrogens with zero attached hydrogens (tertiary/aromatic N) is 1. The Hall–Kier alpha value is -1.94. The van der Waals surface area contributed by atoms with Gasteiger partial charge in [-0.1, -0.05) is 6.07 Å². The van der Waals surface area contributed by atoms with Gasteiger partial charge >= 0.3 is 0 Å². The van der Waals surface area contributed by atoms with Crippen LogP contribution in [0.1, 0.15) is 24.1 Å². The van der Waals surface area contributed by atoms with Crippen molar-refractivity contribution in [2.24, 2.45) is 7.05 Å². The maximum atomic E-state index is 5.34. The first-order chi connectivity index (χ1) is 9.63. The lowest BCUT2D eigenvalue weighted by Crippen LogP contribution is -2.17. The van der Waals surface area contributed by atoms with Crippen LogP contribution in [0.25, 0.3) is 0 Å². The van der Waals surface area contributed by atoms with E-state index in [0.717, 1.165) is 18.0 Å². The predicted molar refractivity (Wildman–Crippen MR) is 80.2 cm³/mol. The van der Waals surface area contributed by atoms with Crippen LogP contribution in [-0.2, 0) is 13.6 Å². The zero-order chi connectivity index (χ0) is 14.5. The Morgan fingerprint density at radius 2 is 1.90 bits per heavy atom. The number of rotatable bonds is 6. The molecular weight excluding hydrogens is 252 g/mol. The zero-order valence-electron chi connectivity index (χ0n) is 12.5. The third-order valence-electron chi connectivity index (χ3n) is 3.41. The van der Waals surface area contributed by atoms with Crippen molar-refractivity contribution in [3.63, 3.8) is 0 Å². The Balaban J connectivity index is 2.03. The fraction of sp³-hybridized carbons (Fsp3) is 0.375. The van der Waals surface area contributed by atoms with E-state index in [1.807, 2.05) is 19.2 Å². The highest BCUT2D eigenvalue weighted by molar-refractivity contribution is 5.43. The van der Waals surface area contributed by atoms with Crippen LogP contribution in [0.2, 0.25) is 0 Å². The maximum absolute atomic E-state index is 5.34. The highest BCUT2D eigenvalue weighted by Crippen LogP contribution is 2.29. The van der Waals surface area contributed by atoms with E-state index in [-0.39, 0.29) is 6.04 Å². The SMILES string of the molecule is COc1ccc(C(C)NCc2ccn(C)c2)cc1OC. The van der Waals surface area contributed by atoms with Crippen LogP contribution in [-0.4, -0.2) is 18.8 Å². The highest BCUT2D eigenvalue weighted by atomic mass is 16.5. The standard InChI is InChI=1S/C16H22N2O2/c1-12(17-10-13-7-8-18(2)11-13)14-5-6-15(19-3)16(9-14)20-4/h5-9,11-12,17H,10H2,1-4H3. The second kappa shape index (κ2) is 6.48. The van der Waals surface area contributed by atoms with E-state index >= 15 is 0 Å². The monoisotopic (exact) mass is 274 g/mol. The summed E-state index contributed by atoms with van der Waals surface area (Å²) < 4.78 is 12.6. The van der Waals surface area contributed by atoms with Crippen LogP contribution in [0, 0.1) is 0 Å². The molecule has 0 aliphatic rings. The molecule has 1 N–H and O–H groups in total. The molecule has 2 rings (SSSR count). The molecule has 1 atom stereocenters. The van der Waals surface area contributed by atoms with Gasteiger partial charge in [-0.3, -0.25) is 0 Å². The van der Waals surface area contributed by atoms with E-state index in [2.05, 4.69) is 41.3 Å². The number of methoxy groups -OCH3 is 2. The van der Waals surface area contributed by atoms with Crippen molar-refractivity contribution in [1.29, 1.82) is 0 Å². The molecule has 1 heterocycles. The van der Waals surface area contributed by atoms with E-state index in [1.54, 1.807) is 14.2 Å². The summed E-state index contributed by atoms with van der Waals surface area (Å²) in [5.74, 6) is 1.52. The topological polar surface area (TPSA) is 35.4 Å². The van der Waals surface area contributed by atoms with Gasteiger partial charge < -0.3 is 19.4 Å². The lowest BCUT2D eigenvalue weighted by atomic mass is 10.1. The lowest BCUT2D eigenvalue weighted by molar-refractivity contribution is 0.354. The van der Waals surface area contributed by atoms with E-state index in [4.69, 9.17) is 9.47 Å². The van der Waals surface area contributed by atoms with Crippen molar-refractivity contribution in [1.82, 2.24) is 9.88 Å². The van der Waals surface area contributed by atoms with Crippen molar-refractivity contribution in [2.75, 3.05) is 14.2 Å². The largest absolute Gasteiger partial charge is 0.493 e. The van der Waals surface area contributed by atoms with Gasteiger partial charge in [-0.15, -0.1) is 0 Å². The van der Waals surface area contributed by atoms with Gasteiger partial charge in [-0.25, -0.2) is 0 Å². The van der Waals surface area contributed by atoms with Gasteiger partial charge in [0.05, 0.1) is 14.2 Å². The van der Waals surface area contributed by atoms with Gasteiger partial charge in [0.2, 0.25) is 0 Å². The molecule has 0 aliphatic carbocycles. The molecule has 1 aromatic carbocycles. The molecule has 1 aromatic heterocycles. The molecule has 4 heteroatoms. The summed E-state index contributed by atoms with van der Waals surface area (Å²) >= 11 is 0. The van der Waals surface area contributed by atoms with Gasteiger partial charge in [0.25, 0.3) is 0 Å². The minimum Gasteiger partial charge on any atom is -0.493 e. The first-order valence-corrected chi connectivity index (χ1v) is 6.70. The van der Waals surface area contributed by atoms with E-state index < -0.39 is 0 Å². The molecule has 20 heavy (non-hydrogen) atoms. The molecule has 4 nitrogen and oxygen atoms in total. The van der Waals surface area contributed by atoms with Gasteiger partial charge in [0, 0.05) is 32.0 Å². The summed E-state index contributed by atoms with van der Waals surface area (Å²) in [7, 11) is 5.33. The average molecular weight is 274 g/mol. The molecule has 0 fully saturated rings. The number of nitrogens with one attached hydrogen (secondary N) is 1. The Kier molecular flexibility index (Phi) is 4.69. The zero-order valence-corrected chi connectivity index (χ0v) is 12.5. The van der Waals surface area contributed by atoms with Gasteiger partial charge in [-0.05, 0) is 36.2 Å². The van der Waals surface area contributed by atoms with Crippen molar-refractivity contribution in [3.8, 4) is 11.5 Å². The number of hydrogen-bond acceptors (Lipinski definition) is 3. The molecule has 2 aromatic rings. The van der Waals surface area contributed by atoms with E-state index in [0.29, 0.717) is 0 Å². The summed E-state index contributed by atoms with van der Waals surface area (Å²) in [6, 6.07) is 8.38. The molecule has 0 spiro atoms. The van der Waals surface area contributed by atoms with Crippen LogP contribution >= 0.6 is 0 Å². The van der Waals surface area contributed by atoms with E-state index in [1.165, 1.54) is 11.1 Å². The molecule has 0 aliphatic heterocycles. The van der Waals surface area contributed by atoms with Crippen molar-refractivity contribution >= 4 is 0 Å². The Bertz CT molecular complexity index is 563. The minimum atomic E-state index is 0.245. The smallest absolute Gasteiger partial charge is 0.161 e. The number of ether oxygens (including phenoxy) is 2. The highest BCUT2D eigenvalue weighted by Gasteiger charge is 2.10. The van der Waals surface area contributed by atoms with Crippen molar-refractivity contribution in [2.45, 2.75) is 19.5 Å². The molecule has 0 saturated carbocycles. The normalized spacial score (nSPS) is 12.2. The third kappa shape index (κ3) is 3.33. The molecular formula is C16H22N2O2. The summed E-state index contributed by atoms with van der Waals surface area (Å²) in [4.78, 5) is 0. The number of hydrogen-bond donors (Lipinski definition) is 1. The molecule has 0 bridgehead atoms. The van der Waals surface area contributed by atoms with Crippen molar-refractivity contribution < 1.29 is 9.47 Å².